The molecule has 0 bridgehead atoms. The van der Waals surface area contributed by atoms with Gasteiger partial charge in [-0.2, -0.15) is 10.2 Å². The lowest BCUT2D eigenvalue weighted by Crippen LogP contribution is -2.24. The summed E-state index contributed by atoms with van der Waals surface area (Å²) in [6, 6.07) is 0.153. The van der Waals surface area contributed by atoms with Crippen LogP contribution in [0.3, 0.4) is 0 Å². The summed E-state index contributed by atoms with van der Waals surface area (Å²) in [6.45, 7) is 3.52. The van der Waals surface area contributed by atoms with Gasteiger partial charge in [-0.1, -0.05) is 0 Å². The van der Waals surface area contributed by atoms with E-state index in [2.05, 4.69) is 10.2 Å². The van der Waals surface area contributed by atoms with E-state index in [0.717, 1.165) is 13.0 Å². The van der Waals surface area contributed by atoms with E-state index in [-0.39, 0.29) is 18.4 Å². The first-order chi connectivity index (χ1) is 5.36. The van der Waals surface area contributed by atoms with Crippen molar-refractivity contribution in [1.29, 1.82) is 0 Å². The number of hydrogen-bond donors (Lipinski definition) is 0. The van der Waals surface area contributed by atoms with Crippen molar-refractivity contribution in [2.24, 2.45) is 10.2 Å². The third kappa shape index (κ3) is 1.41. The lowest BCUT2D eigenvalue weighted by atomic mass is 10.2. The van der Waals surface area contributed by atoms with Gasteiger partial charge in [-0.25, -0.2) is 0 Å². The molecule has 2 heterocycles. The predicted molar refractivity (Wildman–Crippen MR) is 38.4 cm³/mol. The molecule has 0 aromatic rings. The largest absolute Gasteiger partial charge is 0.348 e. The molecule has 4 heteroatoms. The zero-order valence-corrected chi connectivity index (χ0v) is 6.56. The minimum absolute atomic E-state index is 0.128. The van der Waals surface area contributed by atoms with Crippen LogP contribution in [0, 0.1) is 0 Å². The highest BCUT2D eigenvalue weighted by Gasteiger charge is 2.31. The molecule has 3 atom stereocenters. The van der Waals surface area contributed by atoms with Crippen LogP contribution in [0.4, 0.5) is 0 Å². The van der Waals surface area contributed by atoms with Crippen LogP contribution in [0.1, 0.15) is 13.3 Å². The summed E-state index contributed by atoms with van der Waals surface area (Å²) in [4.78, 5) is 0. The first-order valence-electron chi connectivity index (χ1n) is 4.00. The van der Waals surface area contributed by atoms with E-state index in [1.54, 1.807) is 0 Å². The van der Waals surface area contributed by atoms with Crippen molar-refractivity contribution in [3.05, 3.63) is 0 Å². The maximum atomic E-state index is 5.47. The first-order valence-corrected chi connectivity index (χ1v) is 4.00. The molecule has 0 radical (unpaired) electrons. The van der Waals surface area contributed by atoms with E-state index in [9.17, 15) is 0 Å². The fourth-order valence-electron chi connectivity index (χ4n) is 1.34. The molecule has 2 aliphatic rings. The molecular formula is C7H12N2O2. The summed E-state index contributed by atoms with van der Waals surface area (Å²) in [5, 5.41) is 7.93. The molecule has 1 fully saturated rings. The number of rotatable bonds is 1. The normalized spacial score (nSPS) is 43.5. The van der Waals surface area contributed by atoms with Gasteiger partial charge in [0.2, 0.25) is 0 Å². The fourth-order valence-corrected chi connectivity index (χ4v) is 1.34. The lowest BCUT2D eigenvalue weighted by molar-refractivity contribution is -0.0694. The lowest BCUT2D eigenvalue weighted by Gasteiger charge is -2.12. The summed E-state index contributed by atoms with van der Waals surface area (Å²) in [7, 11) is 0. The first kappa shape index (κ1) is 7.18. The van der Waals surface area contributed by atoms with Crippen molar-refractivity contribution in [3.8, 4) is 0 Å². The Morgan fingerprint density at radius 1 is 1.45 bits per heavy atom. The molecule has 0 N–H and O–H groups in total. The Balaban J connectivity index is 1.90. The van der Waals surface area contributed by atoms with Crippen LogP contribution in [-0.2, 0) is 9.47 Å². The van der Waals surface area contributed by atoms with Crippen molar-refractivity contribution < 1.29 is 9.47 Å². The van der Waals surface area contributed by atoms with E-state index >= 15 is 0 Å². The molecule has 0 aromatic heterocycles. The van der Waals surface area contributed by atoms with Gasteiger partial charge in [0.1, 0.15) is 6.04 Å². The number of ether oxygens (including phenoxy) is 2. The molecule has 0 saturated carbocycles. The summed E-state index contributed by atoms with van der Waals surface area (Å²) in [5.74, 6) is 0. The third-order valence-corrected chi connectivity index (χ3v) is 1.93. The van der Waals surface area contributed by atoms with E-state index in [4.69, 9.17) is 9.47 Å². The van der Waals surface area contributed by atoms with Crippen molar-refractivity contribution in [2.45, 2.75) is 31.8 Å². The standard InChI is InChI=1S/C7H12N2O2/c1-5-4-10-7(11-5)6-2-3-8-9-6/h5-7H,2-4H2,1H3. The Kier molecular flexibility index (Phi) is 1.87. The highest BCUT2D eigenvalue weighted by atomic mass is 16.7. The van der Waals surface area contributed by atoms with Gasteiger partial charge in [0.15, 0.2) is 6.29 Å². The smallest absolute Gasteiger partial charge is 0.182 e. The van der Waals surface area contributed by atoms with E-state index in [1.165, 1.54) is 0 Å². The highest BCUT2D eigenvalue weighted by Crippen LogP contribution is 2.21. The second kappa shape index (κ2) is 2.87. The molecule has 1 saturated heterocycles. The van der Waals surface area contributed by atoms with E-state index in [0.29, 0.717) is 6.61 Å². The Hall–Kier alpha value is -0.480. The molecule has 2 aliphatic heterocycles. The summed E-state index contributed by atoms with van der Waals surface area (Å²) < 4.78 is 10.8. The van der Waals surface area contributed by atoms with Gasteiger partial charge >= 0.3 is 0 Å². The topological polar surface area (TPSA) is 43.2 Å². The summed E-state index contributed by atoms with van der Waals surface area (Å²) >= 11 is 0. The second-order valence-corrected chi connectivity index (χ2v) is 2.98. The Morgan fingerprint density at radius 2 is 2.36 bits per heavy atom. The molecule has 0 spiro atoms. The summed E-state index contributed by atoms with van der Waals surface area (Å²) in [5.41, 5.74) is 0. The van der Waals surface area contributed by atoms with Crippen LogP contribution in [0.2, 0.25) is 0 Å². The van der Waals surface area contributed by atoms with Crippen molar-refractivity contribution in [3.63, 3.8) is 0 Å². The van der Waals surface area contributed by atoms with Gasteiger partial charge < -0.3 is 9.47 Å². The fraction of sp³-hybridized carbons (Fsp3) is 1.00. The van der Waals surface area contributed by atoms with Gasteiger partial charge in [-0.15, -0.1) is 0 Å². The van der Waals surface area contributed by atoms with Crippen LogP contribution in [0.25, 0.3) is 0 Å². The maximum absolute atomic E-state index is 5.47. The van der Waals surface area contributed by atoms with Crippen molar-refractivity contribution >= 4 is 0 Å². The third-order valence-electron chi connectivity index (χ3n) is 1.93. The van der Waals surface area contributed by atoms with Gasteiger partial charge in [-0.05, 0) is 13.3 Å². The van der Waals surface area contributed by atoms with Gasteiger partial charge in [0.25, 0.3) is 0 Å². The Morgan fingerprint density at radius 3 is 2.91 bits per heavy atom. The van der Waals surface area contributed by atoms with Crippen molar-refractivity contribution in [2.75, 3.05) is 13.2 Å². The maximum Gasteiger partial charge on any atom is 0.182 e. The summed E-state index contributed by atoms with van der Waals surface area (Å²) in [6.07, 6.45) is 1.06. The minimum atomic E-state index is -0.128. The van der Waals surface area contributed by atoms with Crippen LogP contribution in [0.5, 0.6) is 0 Å². The zero-order valence-electron chi connectivity index (χ0n) is 6.56. The van der Waals surface area contributed by atoms with Gasteiger partial charge in [-0.3, -0.25) is 0 Å². The van der Waals surface area contributed by atoms with E-state index in [1.807, 2.05) is 6.92 Å². The minimum Gasteiger partial charge on any atom is -0.348 e. The van der Waals surface area contributed by atoms with Crippen molar-refractivity contribution in [1.82, 2.24) is 0 Å². The zero-order chi connectivity index (χ0) is 7.68. The van der Waals surface area contributed by atoms with Crippen LogP contribution < -0.4 is 0 Å². The number of nitrogens with zero attached hydrogens (tertiary/aromatic N) is 2. The second-order valence-electron chi connectivity index (χ2n) is 2.98. The quantitative estimate of drug-likeness (QED) is 0.567. The van der Waals surface area contributed by atoms with Gasteiger partial charge in [0, 0.05) is 0 Å². The monoisotopic (exact) mass is 156 g/mol. The molecule has 0 amide bonds. The Labute approximate surface area is 65.6 Å². The van der Waals surface area contributed by atoms with Crippen LogP contribution in [-0.4, -0.2) is 31.6 Å². The Bertz CT molecular complexity index is 172. The highest BCUT2D eigenvalue weighted by molar-refractivity contribution is 4.78. The predicted octanol–water partition coefficient (Wildman–Crippen LogP) is 0.972. The van der Waals surface area contributed by atoms with E-state index < -0.39 is 0 Å². The molecule has 11 heavy (non-hydrogen) atoms. The molecular weight excluding hydrogens is 144 g/mol. The number of azo groups is 1. The average molecular weight is 156 g/mol. The molecule has 3 unspecified atom stereocenters. The molecule has 0 aliphatic carbocycles. The molecule has 0 aromatic carbocycles. The SMILES string of the molecule is CC1COC(C2CCN=N2)O1. The van der Waals surface area contributed by atoms with Gasteiger partial charge in [0.05, 0.1) is 19.3 Å². The van der Waals surface area contributed by atoms with Crippen LogP contribution >= 0.6 is 0 Å². The number of hydrogen-bond acceptors (Lipinski definition) is 4. The average Bonchev–Trinajstić information content (AvgIpc) is 2.55. The van der Waals surface area contributed by atoms with Crippen LogP contribution in [0.15, 0.2) is 10.2 Å². The molecule has 2 rings (SSSR count). The molecule has 62 valence electrons. The molecule has 4 nitrogen and oxygen atoms in total.